The van der Waals surface area contributed by atoms with E-state index < -0.39 is 32.5 Å². The van der Waals surface area contributed by atoms with Crippen LogP contribution in [-0.4, -0.2) is 69.4 Å². The number of allylic oxidation sites excluding steroid dienone is 23. The Hall–Kier alpha value is -4.11. The summed E-state index contributed by atoms with van der Waals surface area (Å²) in [7, 11) is 1.12. The predicted molar refractivity (Wildman–Crippen MR) is 339 cm³/mol. The Bertz CT molecular complexity index is 1860. The van der Waals surface area contributed by atoms with Gasteiger partial charge in [-0.15, -0.1) is 0 Å². The molecular formula is C69H115N2O7P. The maximum atomic E-state index is 13.5. The number of hydrogen-bond donors (Lipinski definition) is 1. The standard InChI is InChI=1S/C69H115N2O7P/c1-7-10-13-16-19-22-25-27-29-31-32-33-34-35-36-37-38-40-41-43-46-49-52-55-58-61-68(72)70-66(65-77-79(74,75)76-64-63-71(4,5)6)67(60-57-54-51-48-45-24-21-18-15-12-9-3)78-69(73)62-59-56-53-50-47-44-42-39-30-28-26-23-20-17-14-11-8-2/h10-11,13-14,19-20,22-23,27-30,32-33,35-36,38,40,42,44,50,53,57,60,66-67H,7-9,12,15-18,21,24-26,31,34,37,39,41,43,45-49,51-52,54-56,58-59,61-65H2,1-6H3,(H-,70,72,74,75)/b13-10-,14-11-,22-19-,23-20-,29-27-,30-28-,33-32-,36-35-,40-38-,44-42-,53-50-,60-57-. The van der Waals surface area contributed by atoms with Crippen LogP contribution in [-0.2, 0) is 27.9 Å². The molecule has 0 radical (unpaired) electrons. The molecule has 0 aliphatic rings. The van der Waals surface area contributed by atoms with E-state index in [9.17, 15) is 19.0 Å². The van der Waals surface area contributed by atoms with Crippen LogP contribution in [0.3, 0.4) is 0 Å². The zero-order valence-electron chi connectivity index (χ0n) is 51.0. The number of nitrogens with one attached hydrogen (secondary N) is 1. The van der Waals surface area contributed by atoms with Gasteiger partial charge in [0.25, 0.3) is 7.82 Å². The molecule has 448 valence electrons. The highest BCUT2D eigenvalue weighted by Gasteiger charge is 2.27. The van der Waals surface area contributed by atoms with E-state index in [2.05, 4.69) is 160 Å². The van der Waals surface area contributed by atoms with Crippen LogP contribution in [0, 0.1) is 0 Å². The number of hydrogen-bond acceptors (Lipinski definition) is 7. The van der Waals surface area contributed by atoms with Crippen molar-refractivity contribution in [1.82, 2.24) is 5.32 Å². The highest BCUT2D eigenvalue weighted by atomic mass is 31.2. The Balaban J connectivity index is 5.29. The first kappa shape index (κ1) is 74.9. The van der Waals surface area contributed by atoms with E-state index in [1.54, 1.807) is 6.08 Å². The first-order valence-electron chi connectivity index (χ1n) is 31.1. The number of nitrogens with zero attached hydrogens (tertiary/aromatic N) is 1. The van der Waals surface area contributed by atoms with Crippen molar-refractivity contribution in [3.63, 3.8) is 0 Å². The number of unbranched alkanes of at least 4 members (excludes halogenated alkanes) is 16. The van der Waals surface area contributed by atoms with Crippen LogP contribution in [0.15, 0.2) is 146 Å². The van der Waals surface area contributed by atoms with Crippen molar-refractivity contribution >= 4 is 19.7 Å². The third kappa shape index (κ3) is 58.4. The third-order valence-corrected chi connectivity index (χ3v) is 13.7. The van der Waals surface area contributed by atoms with Crippen LogP contribution >= 0.6 is 7.82 Å². The number of likely N-dealkylation sites (N-methyl/N-ethyl adjacent to an activating group) is 1. The topological polar surface area (TPSA) is 114 Å². The average Bonchev–Trinajstić information content (AvgIpc) is 3.41. The first-order chi connectivity index (χ1) is 38.4. The molecule has 0 aliphatic carbocycles. The molecule has 0 rings (SSSR count). The molecule has 3 atom stereocenters. The number of ether oxygens (including phenoxy) is 1. The van der Waals surface area contributed by atoms with Crippen molar-refractivity contribution in [2.45, 2.75) is 238 Å². The van der Waals surface area contributed by atoms with Crippen molar-refractivity contribution in [3.05, 3.63) is 146 Å². The van der Waals surface area contributed by atoms with E-state index in [0.29, 0.717) is 23.9 Å². The number of amides is 1. The summed E-state index contributed by atoms with van der Waals surface area (Å²) in [6, 6.07) is -0.930. The maximum Gasteiger partial charge on any atom is 0.306 e. The lowest BCUT2D eigenvalue weighted by Crippen LogP contribution is -2.47. The highest BCUT2D eigenvalue weighted by Crippen LogP contribution is 2.38. The van der Waals surface area contributed by atoms with Crippen LogP contribution in [0.5, 0.6) is 0 Å². The minimum Gasteiger partial charge on any atom is -0.756 e. The highest BCUT2D eigenvalue weighted by molar-refractivity contribution is 7.45. The van der Waals surface area contributed by atoms with Gasteiger partial charge in [-0.3, -0.25) is 14.2 Å². The Kier molecular flexibility index (Phi) is 54.2. The lowest BCUT2D eigenvalue weighted by molar-refractivity contribution is -0.870. The average molecular weight is 1120 g/mol. The van der Waals surface area contributed by atoms with E-state index in [1.807, 2.05) is 27.2 Å². The fourth-order valence-electron chi connectivity index (χ4n) is 8.03. The predicted octanol–water partition coefficient (Wildman–Crippen LogP) is 18.8. The van der Waals surface area contributed by atoms with Gasteiger partial charge in [-0.05, 0) is 122 Å². The molecule has 0 bridgehead atoms. The van der Waals surface area contributed by atoms with Crippen LogP contribution < -0.4 is 10.2 Å². The fourth-order valence-corrected chi connectivity index (χ4v) is 8.75. The Morgan fingerprint density at radius 1 is 0.456 bits per heavy atom. The monoisotopic (exact) mass is 1110 g/mol. The van der Waals surface area contributed by atoms with Gasteiger partial charge in [0.1, 0.15) is 19.3 Å². The molecule has 3 unspecified atom stereocenters. The van der Waals surface area contributed by atoms with Gasteiger partial charge in [0.15, 0.2) is 0 Å². The normalized spacial score (nSPS) is 14.7. The molecule has 0 saturated carbocycles. The van der Waals surface area contributed by atoms with E-state index in [0.717, 1.165) is 135 Å². The summed E-state index contributed by atoms with van der Waals surface area (Å²) >= 11 is 0. The largest absolute Gasteiger partial charge is 0.756 e. The van der Waals surface area contributed by atoms with Gasteiger partial charge in [-0.1, -0.05) is 238 Å². The lowest BCUT2D eigenvalue weighted by Gasteiger charge is -2.30. The molecule has 0 heterocycles. The Morgan fingerprint density at radius 3 is 1.24 bits per heavy atom. The fraction of sp³-hybridized carbons (Fsp3) is 0.623. The summed E-state index contributed by atoms with van der Waals surface area (Å²) in [5.74, 6) is -0.639. The lowest BCUT2D eigenvalue weighted by atomic mass is 10.1. The first-order valence-corrected chi connectivity index (χ1v) is 32.6. The molecule has 0 aromatic heterocycles. The van der Waals surface area contributed by atoms with Crippen molar-refractivity contribution in [3.8, 4) is 0 Å². The molecular weight excluding hydrogens is 1000 g/mol. The summed E-state index contributed by atoms with van der Waals surface area (Å²) in [5, 5.41) is 3.00. The van der Waals surface area contributed by atoms with Gasteiger partial charge in [-0.25, -0.2) is 0 Å². The summed E-state index contributed by atoms with van der Waals surface area (Å²) in [4.78, 5) is 40.0. The summed E-state index contributed by atoms with van der Waals surface area (Å²) in [6.07, 6.45) is 82.5. The van der Waals surface area contributed by atoms with Crippen LogP contribution in [0.1, 0.15) is 226 Å². The van der Waals surface area contributed by atoms with Crippen molar-refractivity contribution in [2.24, 2.45) is 0 Å². The van der Waals surface area contributed by atoms with Gasteiger partial charge in [0.2, 0.25) is 5.91 Å². The van der Waals surface area contributed by atoms with Crippen LogP contribution in [0.4, 0.5) is 0 Å². The van der Waals surface area contributed by atoms with Gasteiger partial charge in [0.05, 0.1) is 33.8 Å². The molecule has 1 amide bonds. The maximum absolute atomic E-state index is 13.5. The van der Waals surface area contributed by atoms with Crippen molar-refractivity contribution in [1.29, 1.82) is 0 Å². The number of rotatable bonds is 54. The van der Waals surface area contributed by atoms with Crippen molar-refractivity contribution < 1.29 is 37.3 Å². The van der Waals surface area contributed by atoms with Gasteiger partial charge < -0.3 is 28.5 Å². The van der Waals surface area contributed by atoms with E-state index in [1.165, 1.54) is 44.9 Å². The summed E-state index contributed by atoms with van der Waals surface area (Å²) < 4.78 is 30.2. The molecule has 0 fully saturated rings. The van der Waals surface area contributed by atoms with Crippen LogP contribution in [0.2, 0.25) is 0 Å². The summed E-state index contributed by atoms with van der Waals surface area (Å²) in [6.45, 7) is 6.53. The number of esters is 1. The van der Waals surface area contributed by atoms with E-state index in [4.69, 9.17) is 13.8 Å². The molecule has 9 nitrogen and oxygen atoms in total. The molecule has 0 spiro atoms. The van der Waals surface area contributed by atoms with E-state index in [-0.39, 0.29) is 25.4 Å². The minimum atomic E-state index is -4.73. The van der Waals surface area contributed by atoms with Gasteiger partial charge in [0, 0.05) is 12.8 Å². The number of phosphoric acid groups is 1. The second-order valence-electron chi connectivity index (χ2n) is 21.4. The SMILES string of the molecule is CC/C=C\C/C=C\C/C=C\C/C=C\C/C=C\C/C=C\CCCCCCCCC(=O)NC(COP(=O)([O-])OCC[N+](C)(C)C)C(/C=C\CCCCCCCCCCC)OC(=O)CCC/C=C\C/C=C\C/C=C\C/C=C\C/C=C\CC. The number of carbonyl (C=O) groups excluding carboxylic acids is 2. The minimum absolute atomic E-state index is 0.0429. The second kappa shape index (κ2) is 57.1. The number of quaternary nitrogens is 1. The number of phosphoric ester groups is 1. The second-order valence-corrected chi connectivity index (χ2v) is 22.9. The Labute approximate surface area is 485 Å². The van der Waals surface area contributed by atoms with Crippen LogP contribution in [0.25, 0.3) is 0 Å². The smallest absolute Gasteiger partial charge is 0.306 e. The zero-order valence-corrected chi connectivity index (χ0v) is 51.9. The molecule has 0 aromatic carbocycles. The van der Waals surface area contributed by atoms with Gasteiger partial charge >= 0.3 is 5.97 Å². The van der Waals surface area contributed by atoms with E-state index >= 15 is 0 Å². The number of carbonyl (C=O) groups is 2. The van der Waals surface area contributed by atoms with Crippen molar-refractivity contribution in [2.75, 3.05) is 40.9 Å². The molecule has 79 heavy (non-hydrogen) atoms. The molecule has 0 saturated heterocycles. The summed E-state index contributed by atoms with van der Waals surface area (Å²) in [5.41, 5.74) is 0. The third-order valence-electron chi connectivity index (χ3n) is 12.8. The molecule has 0 aliphatic heterocycles. The molecule has 1 N–H and O–H groups in total. The molecule has 10 heteroatoms. The quantitative estimate of drug-likeness (QED) is 0.0212. The zero-order chi connectivity index (χ0) is 57.9. The van der Waals surface area contributed by atoms with Gasteiger partial charge in [-0.2, -0.15) is 0 Å². The molecule has 0 aromatic rings. The Morgan fingerprint density at radius 2 is 0.823 bits per heavy atom.